The van der Waals surface area contributed by atoms with Gasteiger partial charge < -0.3 is 8.41 Å². The summed E-state index contributed by atoms with van der Waals surface area (Å²) in [7, 11) is 0. The van der Waals surface area contributed by atoms with Crippen molar-refractivity contribution in [2.45, 2.75) is 25.2 Å². The molecule has 0 heterocycles. The lowest BCUT2D eigenvalue weighted by molar-refractivity contribution is 0.518. The van der Waals surface area contributed by atoms with Gasteiger partial charge in [-0.05, 0) is 86.7 Å². The Hall–Kier alpha value is -5.01. The van der Waals surface area contributed by atoms with E-state index >= 15 is 0 Å². The fourth-order valence-electron chi connectivity index (χ4n) is 8.98. The monoisotopic (exact) mass is 584 g/mol. The van der Waals surface area contributed by atoms with Crippen LogP contribution in [0.25, 0.3) is 73.5 Å². The molecule has 5 aliphatic carbocycles. The molecular weight excluding hydrogens is 551 g/mol. The van der Waals surface area contributed by atoms with Crippen LogP contribution in [-0.2, 0) is 6.42 Å². The van der Waals surface area contributed by atoms with Crippen molar-refractivity contribution in [2.75, 3.05) is 0 Å². The number of allylic oxidation sites excluding steroid dienone is 3. The van der Waals surface area contributed by atoms with Crippen LogP contribution in [0.4, 0.5) is 0 Å². The average molecular weight is 585 g/mol. The third-order valence-electron chi connectivity index (χ3n) is 11.0. The second-order valence-electron chi connectivity index (χ2n) is 13.3. The first-order valence-corrected chi connectivity index (χ1v) is 16.5. The van der Waals surface area contributed by atoms with Crippen molar-refractivity contribution in [1.82, 2.24) is 0 Å². The smallest absolute Gasteiger partial charge is 0.00240 e. The van der Waals surface area contributed by atoms with Crippen LogP contribution < -0.4 is 0 Å². The van der Waals surface area contributed by atoms with Gasteiger partial charge in [0.25, 0.3) is 0 Å². The molecule has 7 aromatic carbocycles. The average Bonchev–Trinajstić information content (AvgIpc) is 3.85. The first-order chi connectivity index (χ1) is 22.3. The van der Waals surface area contributed by atoms with Crippen molar-refractivity contribution < 1.29 is 0 Å². The van der Waals surface area contributed by atoms with Crippen LogP contribution in [0.1, 0.15) is 57.7 Å². The number of benzene rings is 6. The summed E-state index contributed by atoms with van der Waals surface area (Å²) in [5.41, 5.74) is 10.2. The number of hydrogen-bond donors (Lipinski definition) is 0. The van der Waals surface area contributed by atoms with E-state index in [1.165, 1.54) is 89.3 Å². The van der Waals surface area contributed by atoms with Crippen LogP contribution in [-0.4, -0.2) is 8.41 Å². The second kappa shape index (κ2) is 10.5. The molecule has 0 N–H and O–H groups in total. The van der Waals surface area contributed by atoms with Crippen molar-refractivity contribution in [1.29, 1.82) is 0 Å². The van der Waals surface area contributed by atoms with Crippen LogP contribution in [0.15, 0.2) is 115 Å². The molecule has 46 heavy (non-hydrogen) atoms. The first kappa shape index (κ1) is 27.3. The normalized spacial score (nSPS) is 20.0. The summed E-state index contributed by atoms with van der Waals surface area (Å²) in [6.07, 6.45) is 22.3. The molecule has 0 spiro atoms. The highest BCUT2D eigenvalue weighted by Gasteiger charge is 2.39. The SMILES string of the molecule is C1=CC2CCC3C=Cc4cccc1c4C23.C1=Cc2ccc3c4c(ccc(c24)C1)C=C3.[B-].c1cc2ccc3cc[c-]4ccc(c1)c2c34. The molecule has 1 heteroatoms. The molecule has 0 amide bonds. The maximum atomic E-state index is 2.44. The molecule has 0 bridgehead atoms. The molecule has 7 aromatic rings. The van der Waals surface area contributed by atoms with Gasteiger partial charge in [-0.1, -0.05) is 143 Å². The van der Waals surface area contributed by atoms with E-state index in [4.69, 9.17) is 0 Å². The van der Waals surface area contributed by atoms with Gasteiger partial charge in [0.1, 0.15) is 0 Å². The molecule has 12 rings (SSSR count). The first-order valence-electron chi connectivity index (χ1n) is 16.5. The standard InChI is InChI=1S/C15H14.C15H10.C15H9.B/c3*1-2-10-4-6-12-8-9-13-7-5-11(3-1)14(10)15(12)13;/h1-7,12-13,15H,8-9H2;1-2,4-9H,3H2;1-9H;/q;;2*-1. The van der Waals surface area contributed by atoms with Gasteiger partial charge in [-0.3, -0.25) is 0 Å². The maximum Gasteiger partial charge on any atom is -0.00240 e. The van der Waals surface area contributed by atoms with Gasteiger partial charge in [0.15, 0.2) is 0 Å². The van der Waals surface area contributed by atoms with Crippen molar-refractivity contribution >= 4 is 81.9 Å². The van der Waals surface area contributed by atoms with Crippen LogP contribution in [0.2, 0.25) is 0 Å². The van der Waals surface area contributed by atoms with Gasteiger partial charge in [-0.15, -0.1) is 35.0 Å². The Bertz CT molecular complexity index is 2310. The van der Waals surface area contributed by atoms with Gasteiger partial charge in [0.05, 0.1) is 0 Å². The molecule has 1 fully saturated rings. The zero-order valence-corrected chi connectivity index (χ0v) is 25.8. The van der Waals surface area contributed by atoms with E-state index in [0.717, 1.165) is 24.2 Å². The van der Waals surface area contributed by atoms with E-state index in [2.05, 4.69) is 146 Å². The van der Waals surface area contributed by atoms with Gasteiger partial charge in [-0.2, -0.15) is 0 Å². The molecular formula is C45H33B-2. The number of rotatable bonds is 0. The summed E-state index contributed by atoms with van der Waals surface area (Å²) >= 11 is 0. The highest BCUT2D eigenvalue weighted by molar-refractivity contribution is 6.23. The Kier molecular flexibility index (Phi) is 6.25. The molecule has 2 unspecified atom stereocenters. The topological polar surface area (TPSA) is 0 Å². The summed E-state index contributed by atoms with van der Waals surface area (Å²) in [6.45, 7) is 0. The minimum Gasteiger partial charge on any atom is -1.00 e. The van der Waals surface area contributed by atoms with Crippen LogP contribution >= 0.6 is 0 Å². The fourth-order valence-corrected chi connectivity index (χ4v) is 8.98. The highest BCUT2D eigenvalue weighted by Crippen LogP contribution is 2.52. The van der Waals surface area contributed by atoms with E-state index in [0.29, 0.717) is 0 Å². The summed E-state index contributed by atoms with van der Waals surface area (Å²) in [6, 6.07) is 35.4. The predicted octanol–water partition coefficient (Wildman–Crippen LogP) is 11.7. The Labute approximate surface area is 272 Å². The molecule has 0 saturated heterocycles. The summed E-state index contributed by atoms with van der Waals surface area (Å²) in [4.78, 5) is 0. The quantitative estimate of drug-likeness (QED) is 0.123. The molecule has 218 valence electrons. The van der Waals surface area contributed by atoms with Gasteiger partial charge in [0.2, 0.25) is 0 Å². The van der Waals surface area contributed by atoms with E-state index in [1.54, 1.807) is 5.56 Å². The lowest BCUT2D eigenvalue weighted by atomic mass is 9.73. The van der Waals surface area contributed by atoms with Crippen molar-refractivity contribution in [3.8, 4) is 0 Å². The molecule has 2 atom stereocenters. The third kappa shape index (κ3) is 4.04. The van der Waals surface area contributed by atoms with E-state index in [-0.39, 0.29) is 8.41 Å². The third-order valence-corrected chi connectivity index (χ3v) is 11.0. The van der Waals surface area contributed by atoms with Gasteiger partial charge in [0, 0.05) is 0 Å². The lowest BCUT2D eigenvalue weighted by Gasteiger charge is -2.31. The van der Waals surface area contributed by atoms with Crippen LogP contribution in [0.3, 0.4) is 0 Å². The maximum absolute atomic E-state index is 2.44. The van der Waals surface area contributed by atoms with E-state index < -0.39 is 0 Å². The van der Waals surface area contributed by atoms with Crippen LogP contribution in [0.5, 0.6) is 0 Å². The predicted molar refractivity (Wildman–Crippen MR) is 201 cm³/mol. The fraction of sp³-hybridized carbons (Fsp3) is 0.133. The molecule has 1 saturated carbocycles. The molecule has 0 aromatic heterocycles. The zero-order chi connectivity index (χ0) is 29.5. The largest absolute Gasteiger partial charge is 1.00 e. The van der Waals surface area contributed by atoms with E-state index in [1.807, 2.05) is 0 Å². The Morgan fingerprint density at radius 3 is 1.85 bits per heavy atom. The minimum absolute atomic E-state index is 0. The van der Waals surface area contributed by atoms with Crippen LogP contribution in [0, 0.1) is 11.8 Å². The van der Waals surface area contributed by atoms with Crippen molar-refractivity contribution in [3.05, 3.63) is 154 Å². The van der Waals surface area contributed by atoms with Crippen molar-refractivity contribution in [2.24, 2.45) is 11.8 Å². The molecule has 4 radical (unpaired) electrons. The Morgan fingerprint density at radius 2 is 1.11 bits per heavy atom. The van der Waals surface area contributed by atoms with Gasteiger partial charge >= 0.3 is 0 Å². The van der Waals surface area contributed by atoms with Crippen molar-refractivity contribution in [3.63, 3.8) is 0 Å². The summed E-state index contributed by atoms with van der Waals surface area (Å²) in [5.74, 6) is 2.42. The summed E-state index contributed by atoms with van der Waals surface area (Å²) in [5, 5.41) is 11.2. The van der Waals surface area contributed by atoms with E-state index in [9.17, 15) is 0 Å². The lowest BCUT2D eigenvalue weighted by Crippen LogP contribution is -2.18. The Morgan fingerprint density at radius 1 is 0.500 bits per heavy atom. The minimum atomic E-state index is 0. The highest BCUT2D eigenvalue weighted by atomic mass is 14.4. The zero-order valence-electron chi connectivity index (χ0n) is 25.8. The molecule has 5 aliphatic rings. The number of hydrogen-bond acceptors (Lipinski definition) is 0. The summed E-state index contributed by atoms with van der Waals surface area (Å²) < 4.78 is 0. The molecule has 0 nitrogen and oxygen atoms in total. The van der Waals surface area contributed by atoms with Gasteiger partial charge in [-0.25, -0.2) is 0 Å². The second-order valence-corrected chi connectivity index (χ2v) is 13.3. The Balaban J connectivity index is 0.0000000941. The molecule has 0 aliphatic heterocycles.